The SMILES string of the molecule is CC(N=[N+]=[N-])[C@H]1CCC2C3CC[C@@H]4CC(OS(=O)(=O)O)CC[C@]4(C)C3CC[C@@]21C.c1ccncc1. The molecule has 1 aromatic rings. The summed E-state index contributed by atoms with van der Waals surface area (Å²) in [7, 11) is -4.38. The van der Waals surface area contributed by atoms with Crippen LogP contribution in [0.1, 0.15) is 78.6 Å². The molecule has 9 atom stereocenters. The molecule has 0 spiro atoms. The number of hydrogen-bond acceptors (Lipinski definition) is 5. The number of aromatic nitrogens is 1. The highest BCUT2D eigenvalue weighted by atomic mass is 32.3. The Labute approximate surface area is 209 Å². The van der Waals surface area contributed by atoms with Crippen LogP contribution in [0.2, 0.25) is 0 Å². The Balaban J connectivity index is 0.000000421. The lowest BCUT2D eigenvalue weighted by Gasteiger charge is -2.61. The van der Waals surface area contributed by atoms with Crippen LogP contribution in [0, 0.1) is 40.4 Å². The largest absolute Gasteiger partial charge is 0.397 e. The number of rotatable bonds is 4. The Bertz CT molecular complexity index is 991. The van der Waals surface area contributed by atoms with Crippen molar-refractivity contribution in [1.82, 2.24) is 4.98 Å². The molecule has 1 heterocycles. The second kappa shape index (κ2) is 10.4. The smallest absolute Gasteiger partial charge is 0.265 e. The lowest BCUT2D eigenvalue weighted by Crippen LogP contribution is -2.54. The topological polar surface area (TPSA) is 125 Å². The highest BCUT2D eigenvalue weighted by molar-refractivity contribution is 7.80. The highest BCUT2D eigenvalue weighted by Gasteiger charge is 2.60. The van der Waals surface area contributed by atoms with Gasteiger partial charge in [0, 0.05) is 23.3 Å². The van der Waals surface area contributed by atoms with Crippen molar-refractivity contribution in [1.29, 1.82) is 0 Å². The molecule has 35 heavy (non-hydrogen) atoms. The Morgan fingerprint density at radius 2 is 1.71 bits per heavy atom. The van der Waals surface area contributed by atoms with E-state index in [1.54, 1.807) is 12.4 Å². The van der Waals surface area contributed by atoms with Gasteiger partial charge in [0.15, 0.2) is 0 Å². The summed E-state index contributed by atoms with van der Waals surface area (Å²) in [5.74, 6) is 3.05. The maximum absolute atomic E-state index is 11.2. The average molecular weight is 505 g/mol. The molecular formula is C26H40N4O4S. The minimum absolute atomic E-state index is 0.0616. The van der Waals surface area contributed by atoms with E-state index in [2.05, 4.69) is 35.8 Å². The van der Waals surface area contributed by atoms with Crippen LogP contribution in [0.3, 0.4) is 0 Å². The fourth-order valence-electron chi connectivity index (χ4n) is 8.79. The van der Waals surface area contributed by atoms with E-state index in [-0.39, 0.29) is 23.0 Å². The normalized spacial score (nSPS) is 41.1. The fraction of sp³-hybridized carbons (Fsp3) is 0.808. The lowest BCUT2D eigenvalue weighted by atomic mass is 9.44. The van der Waals surface area contributed by atoms with Gasteiger partial charge >= 0.3 is 10.4 Å². The van der Waals surface area contributed by atoms with Crippen molar-refractivity contribution in [3.63, 3.8) is 0 Å². The molecule has 0 radical (unpaired) electrons. The molecule has 8 nitrogen and oxygen atoms in total. The summed E-state index contributed by atoms with van der Waals surface area (Å²) in [6.07, 6.45) is 12.7. The van der Waals surface area contributed by atoms with Crippen LogP contribution in [0.15, 0.2) is 35.7 Å². The first-order chi connectivity index (χ1) is 16.6. The molecule has 1 N–H and O–H groups in total. The van der Waals surface area contributed by atoms with E-state index in [1.807, 2.05) is 18.2 Å². The number of nitrogens with zero attached hydrogens (tertiary/aromatic N) is 4. The van der Waals surface area contributed by atoms with Gasteiger partial charge in [0.05, 0.1) is 6.10 Å². The van der Waals surface area contributed by atoms with Gasteiger partial charge in [-0.25, -0.2) is 4.18 Å². The monoisotopic (exact) mass is 504 g/mol. The minimum atomic E-state index is -4.38. The van der Waals surface area contributed by atoms with E-state index in [4.69, 9.17) is 14.3 Å². The second-order valence-corrected chi connectivity index (χ2v) is 12.8. The predicted molar refractivity (Wildman–Crippen MR) is 134 cm³/mol. The van der Waals surface area contributed by atoms with Crippen LogP contribution in [0.25, 0.3) is 10.4 Å². The Kier molecular flexibility index (Phi) is 7.82. The third-order valence-electron chi connectivity index (χ3n) is 10.3. The fourth-order valence-corrected chi connectivity index (χ4v) is 9.30. The zero-order valence-electron chi connectivity index (χ0n) is 21.2. The van der Waals surface area contributed by atoms with Gasteiger partial charge in [-0.1, -0.05) is 32.0 Å². The molecule has 4 aliphatic rings. The summed E-state index contributed by atoms with van der Waals surface area (Å²) in [6, 6.07) is 5.78. The van der Waals surface area contributed by atoms with Gasteiger partial charge in [0.2, 0.25) is 0 Å². The quantitative estimate of drug-likeness (QED) is 0.214. The van der Waals surface area contributed by atoms with Gasteiger partial charge in [0.25, 0.3) is 0 Å². The Hall–Kier alpha value is -1.67. The molecule has 0 saturated heterocycles. The molecule has 0 aromatic carbocycles. The molecule has 0 bridgehead atoms. The standard InChI is InChI=1S/C21H35N3O4S.C5H5N/c1-13(23-24-22)17-6-7-18-16-5-4-14-12-15(28-29(25,26)27)8-10-20(14,2)19(16)9-11-21(17,18)3;1-2-4-6-5-3-1/h13-19H,4-12H2,1-3H3,(H,25,26,27);1-5H/t13?,14-,15?,16?,17-,18?,19?,20+,21-;/m1./s1. The molecule has 5 rings (SSSR count). The van der Waals surface area contributed by atoms with Crippen LogP contribution in [-0.4, -0.2) is 30.1 Å². The third-order valence-corrected chi connectivity index (χ3v) is 10.8. The zero-order chi connectivity index (χ0) is 25.3. The van der Waals surface area contributed by atoms with Crippen molar-refractivity contribution in [2.24, 2.45) is 45.5 Å². The predicted octanol–water partition coefficient (Wildman–Crippen LogP) is 6.61. The van der Waals surface area contributed by atoms with Crippen LogP contribution < -0.4 is 0 Å². The number of hydrogen-bond donors (Lipinski definition) is 1. The Morgan fingerprint density at radius 1 is 1.03 bits per heavy atom. The van der Waals surface area contributed by atoms with Gasteiger partial charge in [-0.2, -0.15) is 8.42 Å². The maximum Gasteiger partial charge on any atom is 0.397 e. The summed E-state index contributed by atoms with van der Waals surface area (Å²) in [4.78, 5) is 6.87. The van der Waals surface area contributed by atoms with Crippen molar-refractivity contribution >= 4 is 10.4 Å². The third kappa shape index (κ3) is 5.38. The first kappa shape index (κ1) is 26.4. The molecule has 4 saturated carbocycles. The Morgan fingerprint density at radius 3 is 2.31 bits per heavy atom. The van der Waals surface area contributed by atoms with Crippen molar-refractivity contribution in [2.45, 2.75) is 90.7 Å². The van der Waals surface area contributed by atoms with Crippen molar-refractivity contribution in [3.8, 4) is 0 Å². The first-order valence-electron chi connectivity index (χ1n) is 13.1. The molecule has 0 amide bonds. The molecular weight excluding hydrogens is 464 g/mol. The summed E-state index contributed by atoms with van der Waals surface area (Å²) in [5.41, 5.74) is 9.42. The molecule has 9 heteroatoms. The average Bonchev–Trinajstić information content (AvgIpc) is 3.17. The van der Waals surface area contributed by atoms with E-state index >= 15 is 0 Å². The van der Waals surface area contributed by atoms with E-state index in [0.29, 0.717) is 30.1 Å². The second-order valence-electron chi connectivity index (χ2n) is 11.8. The number of fused-ring (bicyclic) bond motifs is 5. The van der Waals surface area contributed by atoms with Gasteiger partial charge in [-0.15, -0.1) is 0 Å². The summed E-state index contributed by atoms with van der Waals surface area (Å²) in [5, 5.41) is 4.06. The van der Waals surface area contributed by atoms with E-state index < -0.39 is 10.4 Å². The van der Waals surface area contributed by atoms with Crippen molar-refractivity contribution in [2.75, 3.05) is 0 Å². The maximum atomic E-state index is 11.2. The van der Waals surface area contributed by atoms with Crippen LogP contribution in [0.4, 0.5) is 0 Å². The number of azide groups is 1. The van der Waals surface area contributed by atoms with Crippen molar-refractivity contribution < 1.29 is 17.2 Å². The summed E-state index contributed by atoms with van der Waals surface area (Å²) in [6.45, 7) is 6.95. The van der Waals surface area contributed by atoms with Crippen molar-refractivity contribution in [3.05, 3.63) is 41.0 Å². The number of pyridine rings is 1. The van der Waals surface area contributed by atoms with E-state index in [0.717, 1.165) is 31.6 Å². The molecule has 0 aliphatic heterocycles. The molecule has 4 aliphatic carbocycles. The molecule has 5 unspecified atom stereocenters. The lowest BCUT2D eigenvalue weighted by molar-refractivity contribution is -0.125. The van der Waals surface area contributed by atoms with Gasteiger partial charge in [-0.05, 0) is 116 Å². The molecule has 194 valence electrons. The summed E-state index contributed by atoms with van der Waals surface area (Å²) >= 11 is 0. The van der Waals surface area contributed by atoms with Crippen LogP contribution >= 0.6 is 0 Å². The van der Waals surface area contributed by atoms with Gasteiger partial charge in [-0.3, -0.25) is 9.54 Å². The van der Waals surface area contributed by atoms with E-state index in [1.165, 1.54) is 25.7 Å². The van der Waals surface area contributed by atoms with E-state index in [9.17, 15) is 8.42 Å². The van der Waals surface area contributed by atoms with Crippen LogP contribution in [0.5, 0.6) is 0 Å². The zero-order valence-corrected chi connectivity index (χ0v) is 22.0. The van der Waals surface area contributed by atoms with Crippen LogP contribution in [-0.2, 0) is 14.6 Å². The minimum Gasteiger partial charge on any atom is -0.265 e. The highest BCUT2D eigenvalue weighted by Crippen LogP contribution is 2.68. The van der Waals surface area contributed by atoms with Gasteiger partial charge < -0.3 is 0 Å². The molecule has 4 fully saturated rings. The van der Waals surface area contributed by atoms with Gasteiger partial charge in [0.1, 0.15) is 0 Å². The molecule has 1 aromatic heterocycles. The first-order valence-corrected chi connectivity index (χ1v) is 14.5. The summed E-state index contributed by atoms with van der Waals surface area (Å²) < 4.78 is 36.3.